The van der Waals surface area contributed by atoms with Crippen LogP contribution in [-0.2, 0) is 9.59 Å². The predicted molar refractivity (Wildman–Crippen MR) is 274 cm³/mol. The SMILES string of the molecule is CC(=O)[C@H]1CC[C@H]2[C@@H]3CC=C4C[C@@H](O)CC[C@]4(C)[C@H]3CC[C@]12C.CC1=C(/C=C/C(C)=C/C=C/C(C)=C/C(=O)O)C(C)(C)CCC1.Clc1ccc2c(c1)C(N1CCNCC1)=Nc1ccccc1O2. The number of ether oxygens (including phenoxy) is 1. The molecule has 4 fully saturated rings. The van der Waals surface area contributed by atoms with Crippen LogP contribution in [0.4, 0.5) is 5.69 Å². The van der Waals surface area contributed by atoms with Gasteiger partial charge in [0.2, 0.25) is 0 Å². The average molecular weight is 931 g/mol. The third-order valence-corrected chi connectivity index (χ3v) is 16.8. The van der Waals surface area contributed by atoms with Crippen molar-refractivity contribution in [2.45, 2.75) is 132 Å². The van der Waals surface area contributed by atoms with Crippen LogP contribution < -0.4 is 10.1 Å². The topological polar surface area (TPSA) is 111 Å². The highest BCUT2D eigenvalue weighted by molar-refractivity contribution is 6.31. The molecule has 5 aliphatic carbocycles. The van der Waals surface area contributed by atoms with E-state index in [1.165, 1.54) is 62.2 Å². The number of aliphatic imine (C=N–C) groups is 1. The molecule has 2 aliphatic heterocycles. The molecule has 8 nitrogen and oxygen atoms in total. The van der Waals surface area contributed by atoms with Crippen molar-refractivity contribution in [3.05, 3.63) is 123 Å². The fourth-order valence-corrected chi connectivity index (χ4v) is 13.2. The lowest BCUT2D eigenvalue weighted by atomic mass is 9.47. The van der Waals surface area contributed by atoms with Crippen LogP contribution in [0, 0.1) is 39.9 Å². The van der Waals surface area contributed by atoms with Gasteiger partial charge in [-0.3, -0.25) is 4.79 Å². The third-order valence-electron chi connectivity index (χ3n) is 16.6. The van der Waals surface area contributed by atoms with E-state index >= 15 is 0 Å². The van der Waals surface area contributed by atoms with Crippen LogP contribution in [0.15, 0.2) is 118 Å². The molecule has 3 saturated carbocycles. The second-order valence-corrected chi connectivity index (χ2v) is 22.0. The first kappa shape index (κ1) is 50.4. The van der Waals surface area contributed by atoms with Crippen LogP contribution in [0.5, 0.6) is 11.5 Å². The minimum Gasteiger partial charge on any atom is -0.478 e. The maximum absolute atomic E-state index is 12.2. The van der Waals surface area contributed by atoms with Crippen LogP contribution >= 0.6 is 11.6 Å². The number of hydrogen-bond acceptors (Lipinski definition) is 7. The maximum Gasteiger partial charge on any atom is 0.328 e. The summed E-state index contributed by atoms with van der Waals surface area (Å²) in [6, 6.07) is 13.6. The zero-order valence-electron chi connectivity index (χ0n) is 41.5. The summed E-state index contributed by atoms with van der Waals surface area (Å²) in [4.78, 5) is 29.9. The van der Waals surface area contributed by atoms with Crippen molar-refractivity contribution in [1.82, 2.24) is 10.2 Å². The molecule has 9 heteroatoms. The monoisotopic (exact) mass is 930 g/mol. The first-order valence-corrected chi connectivity index (χ1v) is 25.4. The zero-order valence-corrected chi connectivity index (χ0v) is 42.2. The number of rotatable bonds is 6. The van der Waals surface area contributed by atoms with Crippen LogP contribution in [-0.4, -0.2) is 65.0 Å². The molecule has 0 amide bonds. The van der Waals surface area contributed by atoms with Gasteiger partial charge >= 0.3 is 5.97 Å². The number of allylic oxidation sites excluding steroid dienone is 10. The van der Waals surface area contributed by atoms with E-state index in [9.17, 15) is 14.7 Å². The van der Waals surface area contributed by atoms with E-state index in [2.05, 4.69) is 70.0 Å². The zero-order chi connectivity index (χ0) is 48.1. The summed E-state index contributed by atoms with van der Waals surface area (Å²) in [5, 5.41) is 22.8. The number of nitrogens with one attached hydrogen (secondary N) is 1. The molecule has 0 aromatic heterocycles. The summed E-state index contributed by atoms with van der Waals surface area (Å²) >= 11 is 6.20. The second-order valence-electron chi connectivity index (χ2n) is 21.6. The van der Waals surface area contributed by atoms with Crippen molar-refractivity contribution in [1.29, 1.82) is 0 Å². The number of Topliss-reactive ketones (excluding diaryl/α,β-unsaturated/α-hetero) is 1. The number of nitrogens with zero attached hydrogens (tertiary/aromatic N) is 2. The van der Waals surface area contributed by atoms with E-state index in [4.69, 9.17) is 26.4 Å². The summed E-state index contributed by atoms with van der Waals surface area (Å²) in [5.41, 5.74) is 9.01. The van der Waals surface area contributed by atoms with Crippen molar-refractivity contribution >= 4 is 34.9 Å². The molecule has 67 heavy (non-hydrogen) atoms. The highest BCUT2D eigenvalue weighted by atomic mass is 35.5. The molecular weight excluding hydrogens is 854 g/mol. The van der Waals surface area contributed by atoms with Gasteiger partial charge < -0.3 is 25.2 Å². The Morgan fingerprint density at radius 2 is 1.67 bits per heavy atom. The van der Waals surface area contributed by atoms with Gasteiger partial charge in [-0.15, -0.1) is 0 Å². The number of benzene rings is 2. The highest BCUT2D eigenvalue weighted by Gasteiger charge is 2.59. The Balaban J connectivity index is 0.000000149. The third kappa shape index (κ3) is 11.5. The summed E-state index contributed by atoms with van der Waals surface area (Å²) < 4.78 is 6.06. The first-order chi connectivity index (χ1) is 31.9. The molecule has 1 saturated heterocycles. The van der Waals surface area contributed by atoms with Gasteiger partial charge in [0, 0.05) is 43.2 Å². The number of aliphatic hydroxyl groups excluding tert-OH is 1. The molecule has 3 N–H and O–H groups in total. The predicted octanol–water partition coefficient (Wildman–Crippen LogP) is 13.5. The largest absolute Gasteiger partial charge is 0.478 e. The van der Waals surface area contributed by atoms with Crippen molar-refractivity contribution < 1.29 is 24.5 Å². The lowest BCUT2D eigenvalue weighted by Crippen LogP contribution is -2.50. The smallest absolute Gasteiger partial charge is 0.328 e. The summed E-state index contributed by atoms with van der Waals surface area (Å²) in [6.07, 6.45) is 26.5. The van der Waals surface area contributed by atoms with E-state index in [-0.39, 0.29) is 16.9 Å². The first-order valence-electron chi connectivity index (χ1n) is 25.0. The molecular formula is C58H76ClN3O5. The number of para-hydroxylation sites is 2. The van der Waals surface area contributed by atoms with Crippen molar-refractivity contribution in [2.24, 2.45) is 44.9 Å². The number of fused-ring (bicyclic) bond motifs is 7. The molecule has 2 heterocycles. The van der Waals surface area contributed by atoms with Gasteiger partial charge in [-0.1, -0.05) is 105 Å². The Bertz CT molecular complexity index is 2380. The average Bonchev–Trinajstić information content (AvgIpc) is 3.56. The highest BCUT2D eigenvalue weighted by Crippen LogP contribution is 2.66. The van der Waals surface area contributed by atoms with E-state index in [1.807, 2.05) is 61.5 Å². The fraction of sp³-hybridized carbons (Fsp3) is 0.534. The Hall–Kier alpha value is -4.50. The molecule has 360 valence electrons. The quantitative estimate of drug-likeness (QED) is 0.150. The molecule has 7 aliphatic rings. The standard InChI is InChI=1S/C21H32O2.C20H28O2.C17H16ClN3O/c1-13(22)17-6-7-18-16-5-4-14-12-15(23)8-10-20(14,2)19(16)9-11-21(17,18)3;1-15(8-6-9-16(2)14-19(21)22)11-12-18-17(3)10-7-13-20(18,4)5;18-12-5-6-15-13(11-12)17(21-9-7-19-8-10-21)20-14-3-1-2-4-16(14)22-15/h4,15-19,23H,5-12H2,1-3H3;6,8-9,11-12,14H,7,10,13H2,1-5H3,(H,21,22);1-6,11,19H,7-10H2/b;9-6+,12-11+,15-8+,16-14+;/t15-,16-,17+,18-,19-,20-,21+;;/m0../s1. The fourth-order valence-electron chi connectivity index (χ4n) is 13.0. The van der Waals surface area contributed by atoms with Crippen molar-refractivity contribution in [2.75, 3.05) is 26.2 Å². The molecule has 7 atom stereocenters. The number of piperazine rings is 1. The number of carboxylic acids is 1. The van der Waals surface area contributed by atoms with Gasteiger partial charge in [-0.2, -0.15) is 0 Å². The summed E-state index contributed by atoms with van der Waals surface area (Å²) in [5.74, 6) is 4.60. The van der Waals surface area contributed by atoms with E-state index < -0.39 is 5.97 Å². The van der Waals surface area contributed by atoms with E-state index in [0.29, 0.717) is 22.1 Å². The number of aliphatic hydroxyl groups is 1. The number of hydrogen-bond donors (Lipinski definition) is 3. The number of carboxylic acid groups (broad SMARTS) is 1. The molecule has 0 spiro atoms. The van der Waals surface area contributed by atoms with Gasteiger partial charge in [-0.05, 0) is 174 Å². The summed E-state index contributed by atoms with van der Waals surface area (Å²) in [7, 11) is 0. The Labute approximate surface area is 406 Å². The maximum atomic E-state index is 12.2. The molecule has 9 rings (SSSR count). The molecule has 0 bridgehead atoms. The van der Waals surface area contributed by atoms with E-state index in [0.717, 1.165) is 109 Å². The Morgan fingerprint density at radius 1 is 0.910 bits per heavy atom. The van der Waals surface area contributed by atoms with Crippen molar-refractivity contribution in [3.8, 4) is 11.5 Å². The summed E-state index contributed by atoms with van der Waals surface area (Å²) in [6.45, 7) is 21.2. The number of carbonyl (C=O) groups excluding carboxylic acids is 1. The normalized spacial score (nSPS) is 30.1. The van der Waals surface area contributed by atoms with Gasteiger partial charge in [0.05, 0.1) is 11.7 Å². The van der Waals surface area contributed by atoms with Gasteiger partial charge in [0.1, 0.15) is 23.1 Å². The van der Waals surface area contributed by atoms with Crippen LogP contribution in [0.1, 0.15) is 132 Å². The lowest BCUT2D eigenvalue weighted by Gasteiger charge is -2.57. The number of ketones is 1. The lowest BCUT2D eigenvalue weighted by molar-refractivity contribution is -0.131. The number of carbonyl (C=O) groups is 2. The number of halogens is 1. The molecule has 2 aromatic carbocycles. The number of amidine groups is 1. The Kier molecular flexibility index (Phi) is 16.1. The Morgan fingerprint density at radius 3 is 2.40 bits per heavy atom. The van der Waals surface area contributed by atoms with E-state index in [1.54, 1.807) is 18.6 Å². The minimum atomic E-state index is -0.912. The van der Waals surface area contributed by atoms with Gasteiger partial charge in [0.25, 0.3) is 0 Å². The van der Waals surface area contributed by atoms with Gasteiger partial charge in [0.15, 0.2) is 5.75 Å². The number of aliphatic carboxylic acids is 1. The van der Waals surface area contributed by atoms with Gasteiger partial charge in [-0.25, -0.2) is 9.79 Å². The van der Waals surface area contributed by atoms with Crippen LogP contribution in [0.25, 0.3) is 0 Å². The second kappa shape index (κ2) is 21.4. The van der Waals surface area contributed by atoms with Crippen LogP contribution in [0.3, 0.4) is 0 Å². The van der Waals surface area contributed by atoms with Crippen molar-refractivity contribution in [3.63, 3.8) is 0 Å². The molecule has 0 radical (unpaired) electrons. The molecule has 2 aromatic rings. The minimum absolute atomic E-state index is 0.117. The molecule has 0 unspecified atom stereocenters. The van der Waals surface area contributed by atoms with Crippen LogP contribution in [0.2, 0.25) is 5.02 Å².